The standard InChI is InChI=1S/C18H11F3O4/c1-23-11-6-7-14-10(8-11)9-13-16(22)12-4-2-3-5-15(12)25-17(13,24-14)18(19,20)21/h2-9H,1H3. The molecule has 1 atom stereocenters. The minimum absolute atomic E-state index is 0.0472. The van der Waals surface area contributed by atoms with Gasteiger partial charge in [-0.15, -0.1) is 0 Å². The number of hydrogen-bond donors (Lipinski definition) is 0. The molecule has 2 heterocycles. The van der Waals surface area contributed by atoms with Crippen LogP contribution in [0.5, 0.6) is 17.2 Å². The number of para-hydroxylation sites is 1. The predicted molar refractivity (Wildman–Crippen MR) is 81.8 cm³/mol. The molecule has 0 saturated carbocycles. The van der Waals surface area contributed by atoms with Crippen molar-refractivity contribution in [3.63, 3.8) is 0 Å². The Hall–Kier alpha value is -2.96. The van der Waals surface area contributed by atoms with Gasteiger partial charge in [-0.3, -0.25) is 4.79 Å². The van der Waals surface area contributed by atoms with Crippen molar-refractivity contribution in [2.45, 2.75) is 12.0 Å². The van der Waals surface area contributed by atoms with E-state index in [4.69, 9.17) is 14.2 Å². The summed E-state index contributed by atoms with van der Waals surface area (Å²) < 4.78 is 57.2. The smallest absolute Gasteiger partial charge is 0.473 e. The Morgan fingerprint density at radius 2 is 1.76 bits per heavy atom. The van der Waals surface area contributed by atoms with Crippen LogP contribution in [-0.2, 0) is 0 Å². The highest BCUT2D eigenvalue weighted by Gasteiger charge is 2.68. The summed E-state index contributed by atoms with van der Waals surface area (Å²) >= 11 is 0. The van der Waals surface area contributed by atoms with E-state index in [2.05, 4.69) is 0 Å². The van der Waals surface area contributed by atoms with E-state index in [-0.39, 0.29) is 17.1 Å². The maximum atomic E-state index is 13.9. The van der Waals surface area contributed by atoms with Gasteiger partial charge in [0.15, 0.2) is 0 Å². The molecule has 25 heavy (non-hydrogen) atoms. The van der Waals surface area contributed by atoms with Gasteiger partial charge in [0.05, 0.1) is 18.2 Å². The topological polar surface area (TPSA) is 44.8 Å². The van der Waals surface area contributed by atoms with Gasteiger partial charge in [-0.05, 0) is 36.4 Å². The van der Waals surface area contributed by atoms with Crippen molar-refractivity contribution in [3.8, 4) is 17.2 Å². The van der Waals surface area contributed by atoms with Crippen LogP contribution < -0.4 is 14.2 Å². The fourth-order valence-electron chi connectivity index (χ4n) is 2.92. The van der Waals surface area contributed by atoms with Crippen molar-refractivity contribution in [1.29, 1.82) is 0 Å². The van der Waals surface area contributed by atoms with Crippen LogP contribution in [0, 0.1) is 0 Å². The van der Waals surface area contributed by atoms with E-state index in [1.54, 1.807) is 6.07 Å². The molecule has 0 bridgehead atoms. The average Bonchev–Trinajstić information content (AvgIpc) is 2.59. The molecule has 4 nitrogen and oxygen atoms in total. The van der Waals surface area contributed by atoms with Crippen LogP contribution in [0.25, 0.3) is 6.08 Å². The summed E-state index contributed by atoms with van der Waals surface area (Å²) in [5.74, 6) is -3.73. The van der Waals surface area contributed by atoms with Gasteiger partial charge in [-0.25, -0.2) is 0 Å². The third kappa shape index (κ3) is 2.12. The maximum Gasteiger partial charge on any atom is 0.473 e. The van der Waals surface area contributed by atoms with Gasteiger partial charge >= 0.3 is 12.0 Å². The summed E-state index contributed by atoms with van der Waals surface area (Å²) in [6, 6.07) is 10.1. The van der Waals surface area contributed by atoms with Crippen LogP contribution in [-0.4, -0.2) is 24.9 Å². The van der Waals surface area contributed by atoms with Crippen molar-refractivity contribution in [3.05, 3.63) is 59.2 Å². The predicted octanol–water partition coefficient (Wildman–Crippen LogP) is 4.00. The molecule has 0 aliphatic carbocycles. The lowest BCUT2D eigenvalue weighted by Crippen LogP contribution is -2.60. The Bertz CT molecular complexity index is 917. The molecule has 2 aliphatic rings. The number of rotatable bonds is 1. The lowest BCUT2D eigenvalue weighted by atomic mass is 9.88. The van der Waals surface area contributed by atoms with E-state index in [0.717, 1.165) is 6.08 Å². The second kappa shape index (κ2) is 5.02. The Morgan fingerprint density at radius 1 is 1.04 bits per heavy atom. The average molecular weight is 348 g/mol. The monoisotopic (exact) mass is 348 g/mol. The molecule has 0 saturated heterocycles. The first-order valence-corrected chi connectivity index (χ1v) is 7.34. The molecule has 0 spiro atoms. The molecular weight excluding hydrogens is 337 g/mol. The summed E-state index contributed by atoms with van der Waals surface area (Å²) in [7, 11) is 1.43. The molecule has 2 aromatic rings. The molecule has 7 heteroatoms. The van der Waals surface area contributed by atoms with E-state index >= 15 is 0 Å². The summed E-state index contributed by atoms with van der Waals surface area (Å²) in [4.78, 5) is 12.7. The number of carbonyl (C=O) groups excluding carboxylic acids is 1. The van der Waals surface area contributed by atoms with Gasteiger partial charge in [0, 0.05) is 5.56 Å². The molecule has 128 valence electrons. The van der Waals surface area contributed by atoms with Gasteiger partial charge in [0.2, 0.25) is 5.78 Å². The van der Waals surface area contributed by atoms with Crippen molar-refractivity contribution < 1.29 is 32.2 Å². The summed E-state index contributed by atoms with van der Waals surface area (Å²) in [6.07, 6.45) is -3.81. The van der Waals surface area contributed by atoms with Crippen LogP contribution in [0.15, 0.2) is 48.0 Å². The van der Waals surface area contributed by atoms with E-state index < -0.39 is 23.3 Å². The quantitative estimate of drug-likeness (QED) is 0.781. The zero-order valence-corrected chi connectivity index (χ0v) is 12.9. The summed E-state index contributed by atoms with van der Waals surface area (Å²) in [5.41, 5.74) is -0.242. The molecular formula is C18H11F3O4. The van der Waals surface area contributed by atoms with E-state index in [1.807, 2.05) is 0 Å². The molecule has 0 N–H and O–H groups in total. The molecule has 0 amide bonds. The number of hydrogen-bond acceptors (Lipinski definition) is 4. The normalized spacial score (nSPS) is 21.1. The summed E-state index contributed by atoms with van der Waals surface area (Å²) in [5, 5.41) is 0. The first kappa shape index (κ1) is 15.6. The zero-order chi connectivity index (χ0) is 17.8. The third-order valence-electron chi connectivity index (χ3n) is 4.13. The van der Waals surface area contributed by atoms with Gasteiger partial charge in [-0.2, -0.15) is 13.2 Å². The zero-order valence-electron chi connectivity index (χ0n) is 12.9. The minimum Gasteiger partial charge on any atom is -0.497 e. The van der Waals surface area contributed by atoms with Crippen LogP contribution >= 0.6 is 0 Å². The fourth-order valence-corrected chi connectivity index (χ4v) is 2.92. The Kier molecular flexibility index (Phi) is 3.12. The van der Waals surface area contributed by atoms with Crippen LogP contribution in [0.4, 0.5) is 13.2 Å². The van der Waals surface area contributed by atoms with Crippen LogP contribution in [0.2, 0.25) is 0 Å². The highest BCUT2D eigenvalue weighted by molar-refractivity contribution is 6.15. The molecule has 1 unspecified atom stereocenters. The minimum atomic E-state index is -4.96. The first-order chi connectivity index (χ1) is 11.9. The Labute approximate surface area is 140 Å². The number of fused-ring (bicyclic) bond motifs is 3. The molecule has 2 aliphatic heterocycles. The van der Waals surface area contributed by atoms with Gasteiger partial charge in [-0.1, -0.05) is 12.1 Å². The fraction of sp³-hybridized carbons (Fsp3) is 0.167. The van der Waals surface area contributed by atoms with Crippen molar-refractivity contribution in [2.24, 2.45) is 0 Å². The highest BCUT2D eigenvalue weighted by atomic mass is 19.4. The second-order valence-corrected chi connectivity index (χ2v) is 5.61. The number of Topliss-reactive ketones (excluding diaryl/α,β-unsaturated/α-hetero) is 1. The second-order valence-electron chi connectivity index (χ2n) is 5.61. The molecule has 0 fully saturated rings. The number of halogens is 3. The maximum absolute atomic E-state index is 13.9. The van der Waals surface area contributed by atoms with Crippen molar-refractivity contribution >= 4 is 11.9 Å². The SMILES string of the molecule is COc1ccc2c(c1)C=C1C(=O)c3ccccc3OC1(C(F)(F)F)O2. The molecule has 4 rings (SSSR count). The number of alkyl halides is 3. The van der Waals surface area contributed by atoms with Crippen LogP contribution in [0.3, 0.4) is 0 Å². The van der Waals surface area contributed by atoms with Gasteiger partial charge < -0.3 is 14.2 Å². The van der Waals surface area contributed by atoms with Crippen LogP contribution in [0.1, 0.15) is 15.9 Å². The van der Waals surface area contributed by atoms with Gasteiger partial charge in [0.25, 0.3) is 0 Å². The van der Waals surface area contributed by atoms with E-state index in [9.17, 15) is 18.0 Å². The highest BCUT2D eigenvalue weighted by Crippen LogP contribution is 2.50. The number of methoxy groups -OCH3 is 1. The lowest BCUT2D eigenvalue weighted by Gasteiger charge is -2.42. The Morgan fingerprint density at radius 3 is 2.48 bits per heavy atom. The number of carbonyl (C=O) groups is 1. The molecule has 2 aromatic carbocycles. The summed E-state index contributed by atoms with van der Waals surface area (Å²) in [6.45, 7) is 0. The first-order valence-electron chi connectivity index (χ1n) is 7.34. The van der Waals surface area contributed by atoms with Crippen molar-refractivity contribution in [1.82, 2.24) is 0 Å². The largest absolute Gasteiger partial charge is 0.497 e. The van der Waals surface area contributed by atoms with Gasteiger partial charge in [0.1, 0.15) is 17.2 Å². The molecule has 0 radical (unpaired) electrons. The van der Waals surface area contributed by atoms with E-state index in [1.165, 1.54) is 43.5 Å². The number of ether oxygens (including phenoxy) is 3. The van der Waals surface area contributed by atoms with E-state index in [0.29, 0.717) is 11.3 Å². The molecule has 0 aromatic heterocycles. The van der Waals surface area contributed by atoms with Crippen molar-refractivity contribution in [2.75, 3.05) is 7.11 Å². The Balaban J connectivity index is 1.97. The third-order valence-corrected chi connectivity index (χ3v) is 4.13. The number of ketones is 1. The number of benzene rings is 2. The lowest BCUT2D eigenvalue weighted by molar-refractivity contribution is -0.303.